The summed E-state index contributed by atoms with van der Waals surface area (Å²) < 4.78 is 0. The molecule has 0 spiro atoms. The lowest BCUT2D eigenvalue weighted by molar-refractivity contribution is -0.137. The van der Waals surface area contributed by atoms with Gasteiger partial charge in [0.15, 0.2) is 0 Å². The highest BCUT2D eigenvalue weighted by molar-refractivity contribution is 5.79. The van der Waals surface area contributed by atoms with Crippen LogP contribution < -0.4 is 0 Å². The van der Waals surface area contributed by atoms with Gasteiger partial charge in [-0.1, -0.05) is 24.3 Å². The molecule has 3 aliphatic rings. The Morgan fingerprint density at radius 2 is 1.52 bits per heavy atom. The number of carbonyl (C=O) groups is 2. The molecule has 3 aliphatic heterocycles. The fourth-order valence-electron chi connectivity index (χ4n) is 4.86. The van der Waals surface area contributed by atoms with Crippen molar-refractivity contribution in [1.29, 1.82) is 0 Å². The number of fused-ring (bicyclic) bond motifs is 1. The maximum atomic E-state index is 12.8. The molecular weight excluding hydrogens is 364 g/mol. The van der Waals surface area contributed by atoms with Crippen molar-refractivity contribution in [2.24, 2.45) is 0 Å². The molecule has 1 aromatic rings. The zero-order valence-corrected chi connectivity index (χ0v) is 17.7. The Bertz CT molecular complexity index is 729. The molecule has 158 valence electrons. The first-order valence-electron chi connectivity index (χ1n) is 11.2. The Kier molecular flexibility index (Phi) is 6.50. The van der Waals surface area contributed by atoms with Crippen LogP contribution in [-0.4, -0.2) is 89.8 Å². The van der Waals surface area contributed by atoms with Crippen LogP contribution in [0.25, 0.3) is 0 Å². The van der Waals surface area contributed by atoms with Crippen LogP contribution in [0.4, 0.5) is 0 Å². The Morgan fingerprint density at radius 3 is 2.21 bits per heavy atom. The number of rotatable bonds is 4. The quantitative estimate of drug-likeness (QED) is 0.773. The largest absolute Gasteiger partial charge is 0.339 e. The van der Waals surface area contributed by atoms with Crippen LogP contribution in [-0.2, 0) is 22.6 Å². The summed E-state index contributed by atoms with van der Waals surface area (Å²) in [6.07, 6.45) is 4.45. The van der Waals surface area contributed by atoms with Gasteiger partial charge in [-0.3, -0.25) is 19.4 Å². The van der Waals surface area contributed by atoms with Crippen LogP contribution in [0.3, 0.4) is 0 Å². The third-order valence-electron chi connectivity index (χ3n) is 6.79. The second kappa shape index (κ2) is 9.26. The van der Waals surface area contributed by atoms with Crippen molar-refractivity contribution in [1.82, 2.24) is 19.6 Å². The Balaban J connectivity index is 1.21. The number of amides is 2. The second-order valence-electron chi connectivity index (χ2n) is 8.82. The minimum absolute atomic E-state index is 0.228. The third-order valence-corrected chi connectivity index (χ3v) is 6.79. The number of likely N-dealkylation sites (tertiary alicyclic amines) is 1. The molecule has 1 unspecified atom stereocenters. The van der Waals surface area contributed by atoms with E-state index in [1.54, 1.807) is 0 Å². The van der Waals surface area contributed by atoms with E-state index in [2.05, 4.69) is 45.9 Å². The lowest BCUT2D eigenvalue weighted by atomic mass is 10.00. The number of nitrogens with zero attached hydrogens (tertiary/aromatic N) is 4. The van der Waals surface area contributed by atoms with Crippen molar-refractivity contribution < 1.29 is 9.59 Å². The number of hydrogen-bond donors (Lipinski definition) is 0. The number of piperidine rings is 1. The van der Waals surface area contributed by atoms with Crippen LogP contribution in [0.1, 0.15) is 37.3 Å². The highest BCUT2D eigenvalue weighted by Gasteiger charge is 2.28. The molecular formula is C23H34N4O2. The highest BCUT2D eigenvalue weighted by atomic mass is 16.2. The van der Waals surface area contributed by atoms with E-state index in [4.69, 9.17) is 0 Å². The van der Waals surface area contributed by atoms with Gasteiger partial charge in [-0.05, 0) is 43.7 Å². The van der Waals surface area contributed by atoms with E-state index in [9.17, 15) is 9.59 Å². The Hall–Kier alpha value is -1.92. The van der Waals surface area contributed by atoms with Gasteiger partial charge in [-0.25, -0.2) is 0 Å². The molecule has 1 atom stereocenters. The lowest BCUT2D eigenvalue weighted by Gasteiger charge is -2.38. The molecule has 4 rings (SSSR count). The smallest absolute Gasteiger partial charge is 0.237 e. The van der Waals surface area contributed by atoms with E-state index < -0.39 is 0 Å². The van der Waals surface area contributed by atoms with Gasteiger partial charge >= 0.3 is 0 Å². The highest BCUT2D eigenvalue weighted by Crippen LogP contribution is 2.19. The van der Waals surface area contributed by atoms with Gasteiger partial charge in [0.05, 0.1) is 13.1 Å². The molecule has 3 heterocycles. The zero-order chi connectivity index (χ0) is 20.2. The number of piperazine rings is 1. The van der Waals surface area contributed by atoms with Gasteiger partial charge in [0.1, 0.15) is 0 Å². The standard InChI is InChI=1S/C23H34N4O2/c1-19-6-4-5-10-27(19)23(29)18-25-14-12-24(13-15-25)17-22(28)26-11-9-20-7-2-3-8-21(20)16-26/h2-3,7-8,19H,4-6,9-18H2,1H3. The van der Waals surface area contributed by atoms with E-state index >= 15 is 0 Å². The van der Waals surface area contributed by atoms with Gasteiger partial charge in [-0.2, -0.15) is 0 Å². The summed E-state index contributed by atoms with van der Waals surface area (Å²) in [6, 6.07) is 8.81. The predicted molar refractivity (Wildman–Crippen MR) is 113 cm³/mol. The molecule has 1 aromatic carbocycles. The van der Waals surface area contributed by atoms with Gasteiger partial charge in [0.25, 0.3) is 0 Å². The first kappa shape index (κ1) is 20.4. The van der Waals surface area contributed by atoms with Crippen molar-refractivity contribution in [3.63, 3.8) is 0 Å². The molecule has 0 aliphatic carbocycles. The second-order valence-corrected chi connectivity index (χ2v) is 8.82. The van der Waals surface area contributed by atoms with E-state index in [1.165, 1.54) is 17.5 Å². The maximum Gasteiger partial charge on any atom is 0.237 e. The van der Waals surface area contributed by atoms with Crippen LogP contribution in [0.2, 0.25) is 0 Å². The first-order chi connectivity index (χ1) is 14.1. The fourth-order valence-corrected chi connectivity index (χ4v) is 4.86. The summed E-state index contributed by atoms with van der Waals surface area (Å²) in [6.45, 7) is 9.09. The van der Waals surface area contributed by atoms with E-state index in [-0.39, 0.29) is 11.8 Å². The normalized spacial score (nSPS) is 23.7. The van der Waals surface area contributed by atoms with Crippen molar-refractivity contribution in [2.45, 2.75) is 45.2 Å². The van der Waals surface area contributed by atoms with Crippen molar-refractivity contribution in [3.05, 3.63) is 35.4 Å². The molecule has 6 nitrogen and oxygen atoms in total. The van der Waals surface area contributed by atoms with Gasteiger partial charge in [-0.15, -0.1) is 0 Å². The molecule has 0 N–H and O–H groups in total. The van der Waals surface area contributed by atoms with Crippen LogP contribution in [0.15, 0.2) is 24.3 Å². The summed E-state index contributed by atoms with van der Waals surface area (Å²) in [7, 11) is 0. The van der Waals surface area contributed by atoms with Crippen molar-refractivity contribution >= 4 is 11.8 Å². The average Bonchev–Trinajstić information content (AvgIpc) is 2.75. The molecule has 2 fully saturated rings. The molecule has 29 heavy (non-hydrogen) atoms. The maximum absolute atomic E-state index is 12.8. The lowest BCUT2D eigenvalue weighted by Crippen LogP contribution is -2.53. The Labute approximate surface area is 174 Å². The van der Waals surface area contributed by atoms with Crippen LogP contribution in [0.5, 0.6) is 0 Å². The molecule has 0 bridgehead atoms. The minimum Gasteiger partial charge on any atom is -0.339 e. The van der Waals surface area contributed by atoms with E-state index in [1.807, 2.05) is 4.90 Å². The molecule has 0 aromatic heterocycles. The van der Waals surface area contributed by atoms with E-state index in [0.29, 0.717) is 19.1 Å². The third kappa shape index (κ3) is 4.98. The zero-order valence-electron chi connectivity index (χ0n) is 17.7. The van der Waals surface area contributed by atoms with Crippen molar-refractivity contribution in [3.8, 4) is 0 Å². The molecule has 0 saturated carbocycles. The summed E-state index contributed by atoms with van der Waals surface area (Å²) in [4.78, 5) is 34.0. The SMILES string of the molecule is CC1CCCCN1C(=O)CN1CCN(CC(=O)N2CCc3ccccc3C2)CC1. The number of hydrogen-bond acceptors (Lipinski definition) is 4. The monoisotopic (exact) mass is 398 g/mol. The van der Waals surface area contributed by atoms with Crippen LogP contribution in [0, 0.1) is 0 Å². The van der Waals surface area contributed by atoms with Gasteiger partial charge in [0.2, 0.25) is 11.8 Å². The van der Waals surface area contributed by atoms with Crippen LogP contribution >= 0.6 is 0 Å². The van der Waals surface area contributed by atoms with Gasteiger partial charge in [0, 0.05) is 51.9 Å². The molecule has 2 saturated heterocycles. The summed E-state index contributed by atoms with van der Waals surface area (Å²) in [5, 5.41) is 0. The van der Waals surface area contributed by atoms with E-state index in [0.717, 1.165) is 65.1 Å². The molecule has 6 heteroatoms. The average molecular weight is 399 g/mol. The first-order valence-corrected chi connectivity index (χ1v) is 11.2. The summed E-state index contributed by atoms with van der Waals surface area (Å²) in [5.74, 6) is 0.500. The summed E-state index contributed by atoms with van der Waals surface area (Å²) in [5.41, 5.74) is 2.65. The van der Waals surface area contributed by atoms with Gasteiger partial charge < -0.3 is 9.80 Å². The summed E-state index contributed by atoms with van der Waals surface area (Å²) >= 11 is 0. The molecule has 2 amide bonds. The number of carbonyl (C=O) groups excluding carboxylic acids is 2. The van der Waals surface area contributed by atoms with Crippen molar-refractivity contribution in [2.75, 3.05) is 52.4 Å². The predicted octanol–water partition coefficient (Wildman–Crippen LogP) is 1.59. The number of benzene rings is 1. The molecule has 0 radical (unpaired) electrons. The Morgan fingerprint density at radius 1 is 0.862 bits per heavy atom. The topological polar surface area (TPSA) is 47.1 Å². The fraction of sp³-hybridized carbons (Fsp3) is 0.652. The minimum atomic E-state index is 0.228.